The summed E-state index contributed by atoms with van der Waals surface area (Å²) in [4.78, 5) is 22.4. The molecule has 0 unspecified atom stereocenters. The number of fused-ring (bicyclic) bond motifs is 1. The van der Waals surface area contributed by atoms with Crippen LogP contribution in [0.2, 0.25) is 0 Å². The number of anilines is 2. The van der Waals surface area contributed by atoms with Gasteiger partial charge in [-0.25, -0.2) is 14.4 Å². The Morgan fingerprint density at radius 3 is 2.35 bits per heavy atom. The lowest BCUT2D eigenvalue weighted by molar-refractivity contribution is -0.140. The van der Waals surface area contributed by atoms with Crippen LogP contribution < -0.4 is 19.5 Å². The Bertz CT molecular complexity index is 1670. The molecule has 4 aromatic rings. The van der Waals surface area contributed by atoms with Gasteiger partial charge in [-0.05, 0) is 47.5 Å². The van der Waals surface area contributed by atoms with Gasteiger partial charge >= 0.3 is 6.18 Å². The van der Waals surface area contributed by atoms with E-state index >= 15 is 0 Å². The number of benzene rings is 3. The molecular formula is C31H28F4N4O4. The molecule has 1 aliphatic heterocycles. The molecule has 2 heterocycles. The second-order valence-electron chi connectivity index (χ2n) is 9.82. The van der Waals surface area contributed by atoms with Crippen LogP contribution in [0, 0.1) is 5.82 Å². The Morgan fingerprint density at radius 1 is 0.977 bits per heavy atom. The normalized spacial score (nSPS) is 14.0. The molecule has 1 aliphatic rings. The molecule has 0 bridgehead atoms. The summed E-state index contributed by atoms with van der Waals surface area (Å²) in [6.07, 6.45) is -1.08. The van der Waals surface area contributed by atoms with Gasteiger partial charge in [-0.15, -0.1) is 0 Å². The number of carbonyl (C=O) groups is 1. The molecule has 1 N–H and O–H groups in total. The summed E-state index contributed by atoms with van der Waals surface area (Å²) in [6, 6.07) is 11.1. The molecule has 0 atom stereocenters. The Labute approximate surface area is 244 Å². The zero-order valence-corrected chi connectivity index (χ0v) is 23.4. The number of likely N-dealkylation sites (tertiary alicyclic amines) is 1. The SMILES string of the molecule is C=CC(=O)N1CCC(Oc2cc3c(Nc4cc(-c5ccc(F)c(C(F)(F)F)c5)ccc4OC)ncnc3cc2OC)CC1. The fourth-order valence-corrected chi connectivity index (χ4v) is 4.95. The van der Waals surface area contributed by atoms with Crippen LogP contribution in [-0.4, -0.2) is 54.2 Å². The maximum Gasteiger partial charge on any atom is 0.419 e. The number of halogens is 4. The van der Waals surface area contributed by atoms with Gasteiger partial charge in [-0.3, -0.25) is 4.79 Å². The molecule has 8 nitrogen and oxygen atoms in total. The average Bonchev–Trinajstić information content (AvgIpc) is 3.00. The first kappa shape index (κ1) is 29.6. The minimum absolute atomic E-state index is 0.116. The monoisotopic (exact) mass is 596 g/mol. The third-order valence-corrected chi connectivity index (χ3v) is 7.20. The fourth-order valence-electron chi connectivity index (χ4n) is 4.95. The number of methoxy groups -OCH3 is 2. The first-order valence-corrected chi connectivity index (χ1v) is 13.3. The van der Waals surface area contributed by atoms with Crippen molar-refractivity contribution in [1.82, 2.24) is 14.9 Å². The van der Waals surface area contributed by atoms with Crippen LogP contribution in [-0.2, 0) is 11.0 Å². The van der Waals surface area contributed by atoms with Crippen molar-refractivity contribution in [3.8, 4) is 28.4 Å². The lowest BCUT2D eigenvalue weighted by Gasteiger charge is -2.31. The third-order valence-electron chi connectivity index (χ3n) is 7.20. The van der Waals surface area contributed by atoms with E-state index in [0.29, 0.717) is 71.2 Å². The molecule has 1 fully saturated rings. The largest absolute Gasteiger partial charge is 0.495 e. The number of nitrogens with zero attached hydrogens (tertiary/aromatic N) is 3. The van der Waals surface area contributed by atoms with E-state index in [2.05, 4.69) is 21.9 Å². The summed E-state index contributed by atoms with van der Waals surface area (Å²) in [7, 11) is 2.98. The minimum atomic E-state index is -4.84. The second kappa shape index (κ2) is 12.2. The number of alkyl halides is 3. The smallest absolute Gasteiger partial charge is 0.419 e. The van der Waals surface area contributed by atoms with Crippen LogP contribution in [0.5, 0.6) is 17.2 Å². The summed E-state index contributed by atoms with van der Waals surface area (Å²) < 4.78 is 71.3. The zero-order valence-electron chi connectivity index (χ0n) is 23.4. The Hall–Kier alpha value is -4.87. The number of hydrogen-bond acceptors (Lipinski definition) is 7. The summed E-state index contributed by atoms with van der Waals surface area (Å²) in [5, 5.41) is 3.79. The lowest BCUT2D eigenvalue weighted by atomic mass is 10.0. The first-order valence-electron chi connectivity index (χ1n) is 13.3. The van der Waals surface area contributed by atoms with E-state index in [-0.39, 0.29) is 17.6 Å². The molecule has 12 heteroatoms. The lowest BCUT2D eigenvalue weighted by Crippen LogP contribution is -2.41. The van der Waals surface area contributed by atoms with Gasteiger partial charge in [0.2, 0.25) is 5.91 Å². The van der Waals surface area contributed by atoms with Gasteiger partial charge in [0.1, 0.15) is 29.8 Å². The number of hydrogen-bond donors (Lipinski definition) is 1. The number of carbonyl (C=O) groups excluding carboxylic acids is 1. The summed E-state index contributed by atoms with van der Waals surface area (Å²) >= 11 is 0. The zero-order chi connectivity index (χ0) is 30.7. The van der Waals surface area contributed by atoms with Crippen molar-refractivity contribution in [3.05, 3.63) is 78.9 Å². The summed E-state index contributed by atoms with van der Waals surface area (Å²) in [6.45, 7) is 4.61. The highest BCUT2D eigenvalue weighted by Gasteiger charge is 2.34. The molecule has 224 valence electrons. The Morgan fingerprint density at radius 2 is 1.67 bits per heavy atom. The standard InChI is InChI=1S/C31H28F4N4O4/c1-4-29(40)39-11-9-20(10-12-39)43-28-15-21-24(16-27(28)42-3)36-17-37-30(21)38-25-14-19(6-8-26(25)41-2)18-5-7-23(32)22(13-18)31(33,34)35/h4-8,13-17,20H,1,9-12H2,2-3H3,(H,36,37,38). The van der Waals surface area contributed by atoms with E-state index in [0.717, 1.165) is 12.1 Å². The number of piperidine rings is 1. The molecule has 0 saturated carbocycles. The van der Waals surface area contributed by atoms with E-state index in [4.69, 9.17) is 14.2 Å². The Kier molecular flexibility index (Phi) is 8.38. The number of rotatable bonds is 8. The first-order chi connectivity index (χ1) is 20.6. The van der Waals surface area contributed by atoms with Crippen LogP contribution in [0.4, 0.5) is 29.1 Å². The van der Waals surface area contributed by atoms with Crippen LogP contribution >= 0.6 is 0 Å². The van der Waals surface area contributed by atoms with Gasteiger partial charge in [-0.1, -0.05) is 18.7 Å². The molecule has 5 rings (SSSR count). The van der Waals surface area contributed by atoms with E-state index in [1.807, 2.05) is 0 Å². The predicted octanol–water partition coefficient (Wildman–Crippen LogP) is 6.77. The maximum absolute atomic E-state index is 13.9. The van der Waals surface area contributed by atoms with Crippen LogP contribution in [0.3, 0.4) is 0 Å². The molecule has 0 spiro atoms. The van der Waals surface area contributed by atoms with E-state index in [9.17, 15) is 22.4 Å². The van der Waals surface area contributed by atoms with Crippen molar-refractivity contribution >= 4 is 28.3 Å². The molecule has 0 radical (unpaired) electrons. The van der Waals surface area contributed by atoms with E-state index in [1.165, 1.54) is 32.7 Å². The fraction of sp³-hybridized carbons (Fsp3) is 0.258. The Balaban J connectivity index is 1.47. The predicted molar refractivity (Wildman–Crippen MR) is 153 cm³/mol. The molecule has 1 aromatic heterocycles. The van der Waals surface area contributed by atoms with E-state index in [1.54, 1.807) is 35.2 Å². The van der Waals surface area contributed by atoms with Gasteiger partial charge in [0.25, 0.3) is 0 Å². The number of aromatic nitrogens is 2. The number of ether oxygens (including phenoxy) is 3. The van der Waals surface area contributed by atoms with Gasteiger partial charge in [0.05, 0.1) is 31.0 Å². The van der Waals surface area contributed by atoms with Crippen LogP contribution in [0.15, 0.2) is 67.5 Å². The highest BCUT2D eigenvalue weighted by Crippen LogP contribution is 2.39. The van der Waals surface area contributed by atoms with Gasteiger partial charge in [-0.2, -0.15) is 13.2 Å². The van der Waals surface area contributed by atoms with Crippen molar-refractivity contribution in [2.24, 2.45) is 0 Å². The highest BCUT2D eigenvalue weighted by molar-refractivity contribution is 5.94. The van der Waals surface area contributed by atoms with Gasteiger partial charge in [0.15, 0.2) is 11.5 Å². The number of nitrogens with one attached hydrogen (secondary N) is 1. The van der Waals surface area contributed by atoms with Gasteiger partial charge < -0.3 is 24.4 Å². The molecule has 43 heavy (non-hydrogen) atoms. The topological polar surface area (TPSA) is 85.8 Å². The second-order valence-corrected chi connectivity index (χ2v) is 9.82. The number of amides is 1. The van der Waals surface area contributed by atoms with Crippen molar-refractivity contribution in [2.75, 3.05) is 32.6 Å². The average molecular weight is 597 g/mol. The molecule has 0 aliphatic carbocycles. The molecule has 1 amide bonds. The van der Waals surface area contributed by atoms with Gasteiger partial charge in [0, 0.05) is 37.4 Å². The van der Waals surface area contributed by atoms with Crippen molar-refractivity contribution in [1.29, 1.82) is 0 Å². The summed E-state index contributed by atoms with van der Waals surface area (Å²) in [5.41, 5.74) is 0.191. The summed E-state index contributed by atoms with van der Waals surface area (Å²) in [5.74, 6) is 0.259. The highest BCUT2D eigenvalue weighted by atomic mass is 19.4. The molecule has 1 saturated heterocycles. The van der Waals surface area contributed by atoms with Crippen LogP contribution in [0.25, 0.3) is 22.0 Å². The third kappa shape index (κ3) is 6.32. The van der Waals surface area contributed by atoms with E-state index < -0.39 is 17.6 Å². The van der Waals surface area contributed by atoms with Crippen molar-refractivity contribution in [2.45, 2.75) is 25.1 Å². The van der Waals surface area contributed by atoms with Crippen LogP contribution in [0.1, 0.15) is 18.4 Å². The van der Waals surface area contributed by atoms with Crippen molar-refractivity contribution < 1.29 is 36.6 Å². The maximum atomic E-state index is 13.9. The van der Waals surface area contributed by atoms with Crippen molar-refractivity contribution in [3.63, 3.8) is 0 Å². The quantitative estimate of drug-likeness (QED) is 0.178. The molecular weight excluding hydrogens is 568 g/mol. The minimum Gasteiger partial charge on any atom is -0.495 e. The molecule has 3 aromatic carbocycles.